The zero-order chi connectivity index (χ0) is 9.00. The molecule has 0 aromatic heterocycles. The van der Waals surface area contributed by atoms with Crippen LogP contribution in [0.1, 0.15) is 34.5 Å². The van der Waals surface area contributed by atoms with Crippen LogP contribution in [0.3, 0.4) is 0 Å². The summed E-state index contributed by atoms with van der Waals surface area (Å²) in [4.78, 5) is 0. The minimum atomic E-state index is 0.235. The normalized spacial score (nSPS) is 28.2. The molecule has 2 heterocycles. The van der Waals surface area contributed by atoms with Crippen LogP contribution in [0, 0.1) is 13.8 Å². The molecule has 13 heavy (non-hydrogen) atoms. The lowest BCUT2D eigenvalue weighted by Gasteiger charge is -2.11. The van der Waals surface area contributed by atoms with E-state index in [0.717, 1.165) is 0 Å². The molecule has 66 valence electrons. The van der Waals surface area contributed by atoms with Crippen molar-refractivity contribution in [2.45, 2.75) is 26.1 Å². The maximum absolute atomic E-state index is 5.77. The quantitative estimate of drug-likeness (QED) is 0.547. The van der Waals surface area contributed by atoms with Gasteiger partial charge >= 0.3 is 0 Å². The van der Waals surface area contributed by atoms with Crippen molar-refractivity contribution in [3.8, 4) is 0 Å². The van der Waals surface area contributed by atoms with Gasteiger partial charge < -0.3 is 4.74 Å². The monoisotopic (exact) mass is 172 g/mol. The van der Waals surface area contributed by atoms with Crippen LogP contribution in [-0.2, 0) is 4.74 Å². The third-order valence-corrected chi connectivity index (χ3v) is 2.91. The molecule has 0 N–H and O–H groups in total. The highest BCUT2D eigenvalue weighted by Crippen LogP contribution is 2.47. The first-order valence-corrected chi connectivity index (χ1v) is 4.70. The highest BCUT2D eigenvalue weighted by molar-refractivity contribution is 5.49. The second-order valence-electron chi connectivity index (χ2n) is 3.95. The Hall–Kier alpha value is -1.08. The minimum Gasteiger partial charge on any atom is -0.357 e. The van der Waals surface area contributed by atoms with E-state index < -0.39 is 0 Å². The van der Waals surface area contributed by atoms with E-state index in [9.17, 15) is 0 Å². The van der Waals surface area contributed by atoms with Crippen LogP contribution in [0.4, 0.5) is 0 Å². The van der Waals surface area contributed by atoms with Gasteiger partial charge in [0.25, 0.3) is 0 Å². The van der Waals surface area contributed by atoms with E-state index in [2.05, 4.69) is 38.1 Å². The first-order chi connectivity index (χ1) is 6.25. The Bertz CT molecular complexity index is 404. The SMILES string of the molecule is Cc1cc(C)c2c(c1)C1C=CC2O1. The molecule has 2 unspecified atom stereocenters. The van der Waals surface area contributed by atoms with E-state index >= 15 is 0 Å². The molecule has 0 fully saturated rings. The average Bonchev–Trinajstić information content (AvgIpc) is 2.62. The molecule has 1 nitrogen and oxygen atoms in total. The smallest absolute Gasteiger partial charge is 0.103 e. The molecule has 0 amide bonds. The molecule has 0 spiro atoms. The summed E-state index contributed by atoms with van der Waals surface area (Å²) in [6.45, 7) is 4.31. The zero-order valence-electron chi connectivity index (χ0n) is 7.87. The van der Waals surface area contributed by atoms with Gasteiger partial charge in [-0.3, -0.25) is 0 Å². The molecule has 0 radical (unpaired) electrons. The van der Waals surface area contributed by atoms with Gasteiger partial charge in [-0.2, -0.15) is 0 Å². The van der Waals surface area contributed by atoms with Crippen molar-refractivity contribution in [3.63, 3.8) is 0 Å². The van der Waals surface area contributed by atoms with Crippen molar-refractivity contribution < 1.29 is 4.74 Å². The molecule has 0 aliphatic carbocycles. The summed E-state index contributed by atoms with van der Waals surface area (Å²) in [5.74, 6) is 0. The van der Waals surface area contributed by atoms with E-state index in [1.54, 1.807) is 0 Å². The third kappa shape index (κ3) is 0.853. The summed E-state index contributed by atoms with van der Waals surface area (Å²) < 4.78 is 5.77. The van der Waals surface area contributed by atoms with Gasteiger partial charge in [0.2, 0.25) is 0 Å². The van der Waals surface area contributed by atoms with Gasteiger partial charge in [-0.05, 0) is 30.5 Å². The third-order valence-electron chi connectivity index (χ3n) is 2.91. The number of hydrogen-bond acceptors (Lipinski definition) is 1. The van der Waals surface area contributed by atoms with Gasteiger partial charge in [0.15, 0.2) is 0 Å². The van der Waals surface area contributed by atoms with Gasteiger partial charge in [-0.15, -0.1) is 0 Å². The molecular formula is C12H12O. The molecule has 2 aliphatic rings. The fourth-order valence-corrected chi connectivity index (χ4v) is 2.43. The Kier molecular flexibility index (Phi) is 1.26. The first-order valence-electron chi connectivity index (χ1n) is 4.70. The van der Waals surface area contributed by atoms with Gasteiger partial charge in [0, 0.05) is 0 Å². The Morgan fingerprint density at radius 1 is 1.08 bits per heavy atom. The molecular weight excluding hydrogens is 160 g/mol. The van der Waals surface area contributed by atoms with Crippen molar-refractivity contribution in [2.75, 3.05) is 0 Å². The molecule has 1 heteroatoms. The van der Waals surface area contributed by atoms with Gasteiger partial charge in [-0.1, -0.05) is 29.8 Å². The summed E-state index contributed by atoms with van der Waals surface area (Å²) in [5.41, 5.74) is 5.48. The van der Waals surface area contributed by atoms with Crippen molar-refractivity contribution in [1.29, 1.82) is 0 Å². The van der Waals surface area contributed by atoms with Crippen LogP contribution in [0.2, 0.25) is 0 Å². The van der Waals surface area contributed by atoms with Crippen LogP contribution < -0.4 is 0 Å². The van der Waals surface area contributed by atoms with Gasteiger partial charge in [-0.25, -0.2) is 0 Å². The standard InChI is InChI=1S/C12H12O/c1-7-5-8(2)12-9(6-7)10-3-4-11(12)13-10/h3-6,10-11H,1-2H3. The van der Waals surface area contributed by atoms with Crippen molar-refractivity contribution in [2.24, 2.45) is 0 Å². The van der Waals surface area contributed by atoms with Crippen LogP contribution in [-0.4, -0.2) is 0 Å². The molecule has 1 aromatic carbocycles. The summed E-state index contributed by atoms with van der Waals surface area (Å²) in [6, 6.07) is 4.48. The number of fused-ring (bicyclic) bond motifs is 5. The zero-order valence-corrected chi connectivity index (χ0v) is 7.87. The Labute approximate surface area is 78.0 Å². The summed E-state index contributed by atoms with van der Waals surface area (Å²) in [7, 11) is 0. The van der Waals surface area contributed by atoms with E-state index in [1.165, 1.54) is 22.3 Å². The molecule has 0 saturated heterocycles. The second kappa shape index (κ2) is 2.24. The lowest BCUT2D eigenvalue weighted by molar-refractivity contribution is 0.0876. The summed E-state index contributed by atoms with van der Waals surface area (Å²) in [6.07, 6.45) is 4.79. The van der Waals surface area contributed by atoms with E-state index in [4.69, 9.17) is 4.74 Å². The molecule has 2 bridgehead atoms. The van der Waals surface area contributed by atoms with Crippen molar-refractivity contribution >= 4 is 0 Å². The Balaban J connectivity index is 2.29. The second-order valence-corrected chi connectivity index (χ2v) is 3.95. The molecule has 0 saturated carbocycles. The number of benzene rings is 1. The fourth-order valence-electron chi connectivity index (χ4n) is 2.43. The van der Waals surface area contributed by atoms with Crippen LogP contribution in [0.5, 0.6) is 0 Å². The minimum absolute atomic E-state index is 0.235. The predicted octanol–water partition coefficient (Wildman–Crippen LogP) is 2.99. The number of rotatable bonds is 0. The number of hydrogen-bond donors (Lipinski definition) is 0. The highest BCUT2D eigenvalue weighted by Gasteiger charge is 2.34. The highest BCUT2D eigenvalue weighted by atomic mass is 16.5. The lowest BCUT2D eigenvalue weighted by Crippen LogP contribution is -1.96. The van der Waals surface area contributed by atoms with Gasteiger partial charge in [0.1, 0.15) is 12.2 Å². The van der Waals surface area contributed by atoms with E-state index in [0.29, 0.717) is 0 Å². The van der Waals surface area contributed by atoms with Gasteiger partial charge in [0.05, 0.1) is 0 Å². The van der Waals surface area contributed by atoms with E-state index in [-0.39, 0.29) is 12.2 Å². The summed E-state index contributed by atoms with van der Waals surface area (Å²) in [5, 5.41) is 0. The maximum Gasteiger partial charge on any atom is 0.103 e. The molecule has 2 aliphatic heterocycles. The maximum atomic E-state index is 5.77. The largest absolute Gasteiger partial charge is 0.357 e. The molecule has 1 aromatic rings. The predicted molar refractivity (Wildman–Crippen MR) is 51.6 cm³/mol. The fraction of sp³-hybridized carbons (Fsp3) is 0.333. The van der Waals surface area contributed by atoms with Crippen LogP contribution in [0.25, 0.3) is 0 Å². The first kappa shape index (κ1) is 7.34. The van der Waals surface area contributed by atoms with Crippen molar-refractivity contribution in [3.05, 3.63) is 46.5 Å². The van der Waals surface area contributed by atoms with Crippen molar-refractivity contribution in [1.82, 2.24) is 0 Å². The summed E-state index contributed by atoms with van der Waals surface area (Å²) >= 11 is 0. The topological polar surface area (TPSA) is 9.23 Å². The van der Waals surface area contributed by atoms with E-state index in [1.807, 2.05) is 0 Å². The molecule has 2 atom stereocenters. The Morgan fingerprint density at radius 2 is 1.85 bits per heavy atom. The number of aryl methyl sites for hydroxylation is 2. The average molecular weight is 172 g/mol. The Morgan fingerprint density at radius 3 is 2.69 bits per heavy atom. The number of ether oxygens (including phenoxy) is 1. The molecule has 3 rings (SSSR count). The van der Waals surface area contributed by atoms with Crippen LogP contribution in [0.15, 0.2) is 24.3 Å². The van der Waals surface area contributed by atoms with Crippen LogP contribution >= 0.6 is 0 Å². The lowest BCUT2D eigenvalue weighted by atomic mass is 9.91.